The van der Waals surface area contributed by atoms with E-state index in [1.165, 1.54) is 11.8 Å². The van der Waals surface area contributed by atoms with Crippen molar-refractivity contribution in [1.29, 1.82) is 5.41 Å². The van der Waals surface area contributed by atoms with Crippen LogP contribution in [0.4, 0.5) is 4.79 Å². The first kappa shape index (κ1) is 82.6. The lowest BCUT2D eigenvalue weighted by Crippen LogP contribution is -2.62. The first-order valence-electron chi connectivity index (χ1n) is 36.3. The third-order valence-electron chi connectivity index (χ3n) is 18.7. The molecular formula is C78H99ClN16O13. The van der Waals surface area contributed by atoms with E-state index in [-0.39, 0.29) is 82.8 Å². The van der Waals surface area contributed by atoms with Crippen LogP contribution in [0.1, 0.15) is 86.3 Å². The summed E-state index contributed by atoms with van der Waals surface area (Å²) < 4.78 is 5.55. The number of carbonyl (C=O) groups is 11. The number of rotatable bonds is 38. The summed E-state index contributed by atoms with van der Waals surface area (Å²) in [7, 11) is 0. The van der Waals surface area contributed by atoms with Gasteiger partial charge in [0.15, 0.2) is 5.96 Å². The van der Waals surface area contributed by atoms with Gasteiger partial charge in [0.2, 0.25) is 59.1 Å². The van der Waals surface area contributed by atoms with E-state index in [1.54, 1.807) is 103 Å². The fourth-order valence-corrected chi connectivity index (χ4v) is 13.1. The number of hydrogen-bond donors (Lipinski definition) is 15. The molecule has 12 amide bonds. The standard InChI is InChI=1S/C78H99ClN16O13/c1-47(2)39-59(68(98)86-58(23-13-33-84-77(81)82)76(106)95-34-14-24-66(95)75(105)85-48(3)67(80)97)87-69(99)60(40-49-15-6-4-7-16-49)88-71(101)63(42-51-25-27-53(28-26-51)45-94-35-37-108-38-36-94)91-74(104)65(46-96)92-72(102)61(41-50-17-8-5-9-18-50)89-70(100)62(43-52-29-31-56(79)32-30-52)90-73(103)64(93-78(83)107)44-55-21-12-20-54-19-10-11-22-57(54)55/h4-12,15-22,25-32,47-48,58-66,96H,13-14,23-24,33-46H2,1-3H3,(H2,80,97)(H,85,105)(H,86,98)(H,87,99)(H,88,101)(H,89,100)(H,90,103)(H,91,104)(H,92,102)(H4,81,82,84)(H3,83,93,107)/t48-,58+,59+,60-,61-,62-,63+,64-,65+,66+/m1/s1. The van der Waals surface area contributed by atoms with Crippen molar-refractivity contribution in [3.8, 4) is 0 Å². The normalized spacial score (nSPS) is 16.1. The number of guanidine groups is 1. The maximum atomic E-state index is 15.3. The lowest BCUT2D eigenvalue weighted by atomic mass is 9.97. The highest BCUT2D eigenvalue weighted by Crippen LogP contribution is 2.23. The van der Waals surface area contributed by atoms with Crippen LogP contribution in [0.15, 0.2) is 152 Å². The number of nitrogens with one attached hydrogen (secondary N) is 11. The van der Waals surface area contributed by atoms with Gasteiger partial charge in [0, 0.05) is 69.9 Å². The van der Waals surface area contributed by atoms with E-state index in [4.69, 9.17) is 38.9 Å². The summed E-state index contributed by atoms with van der Waals surface area (Å²) in [5.41, 5.74) is 20.5. The van der Waals surface area contributed by atoms with Crippen LogP contribution in [0, 0.1) is 11.3 Å². The van der Waals surface area contributed by atoms with E-state index in [0.29, 0.717) is 59.0 Å². The van der Waals surface area contributed by atoms with Gasteiger partial charge in [-0.25, -0.2) is 4.79 Å². The van der Waals surface area contributed by atoms with Crippen molar-refractivity contribution >= 4 is 93.4 Å². The molecule has 108 heavy (non-hydrogen) atoms. The molecule has 2 aliphatic heterocycles. The first-order valence-corrected chi connectivity index (χ1v) is 36.6. The molecule has 0 unspecified atom stereocenters. The van der Waals surface area contributed by atoms with Gasteiger partial charge in [-0.05, 0) is 101 Å². The molecule has 0 aliphatic carbocycles. The fourth-order valence-electron chi connectivity index (χ4n) is 13.0. The van der Waals surface area contributed by atoms with Gasteiger partial charge in [-0.2, -0.15) is 0 Å². The van der Waals surface area contributed by atoms with Gasteiger partial charge in [0.25, 0.3) is 0 Å². The number of aliphatic hydroxyl groups excluding tert-OH is 1. The van der Waals surface area contributed by atoms with Crippen LogP contribution in [-0.2, 0) is 91.3 Å². The van der Waals surface area contributed by atoms with Crippen LogP contribution in [0.3, 0.4) is 0 Å². The molecule has 0 saturated carbocycles. The number of morpholine rings is 1. The lowest BCUT2D eigenvalue weighted by Gasteiger charge is -2.31. The van der Waals surface area contributed by atoms with E-state index in [0.717, 1.165) is 29.4 Å². The molecule has 0 bridgehead atoms. The minimum absolute atomic E-state index is 0.000116. The highest BCUT2D eigenvalue weighted by Gasteiger charge is 2.41. The highest BCUT2D eigenvalue weighted by atomic mass is 35.5. The molecule has 18 N–H and O–H groups in total. The molecule has 0 spiro atoms. The number of likely N-dealkylation sites (tertiary alicyclic amines) is 1. The van der Waals surface area contributed by atoms with Gasteiger partial charge < -0.3 is 85.1 Å². The van der Waals surface area contributed by atoms with E-state index in [9.17, 15) is 48.3 Å². The number of aliphatic hydroxyl groups is 1. The summed E-state index contributed by atoms with van der Waals surface area (Å²) >= 11 is 6.27. The van der Waals surface area contributed by atoms with E-state index >= 15 is 9.59 Å². The van der Waals surface area contributed by atoms with Crippen molar-refractivity contribution in [2.45, 2.75) is 152 Å². The van der Waals surface area contributed by atoms with Crippen LogP contribution >= 0.6 is 11.6 Å². The van der Waals surface area contributed by atoms with Crippen molar-refractivity contribution in [3.63, 3.8) is 0 Å². The van der Waals surface area contributed by atoms with Crippen molar-refractivity contribution in [2.75, 3.05) is 46.0 Å². The second-order valence-electron chi connectivity index (χ2n) is 27.6. The number of carbonyl (C=O) groups excluding carboxylic acids is 11. The third-order valence-corrected chi connectivity index (χ3v) is 19.0. The van der Waals surface area contributed by atoms with Gasteiger partial charge in [0.1, 0.15) is 60.4 Å². The quantitative estimate of drug-likeness (QED) is 0.0149. The largest absolute Gasteiger partial charge is 0.394 e. The number of nitrogens with two attached hydrogens (primary N) is 3. The zero-order valence-corrected chi connectivity index (χ0v) is 61.6. The Morgan fingerprint density at radius 2 is 0.954 bits per heavy atom. The Morgan fingerprint density at radius 3 is 1.46 bits per heavy atom. The second-order valence-corrected chi connectivity index (χ2v) is 28.0. The Hall–Kier alpha value is -11.0. The van der Waals surface area contributed by atoms with Crippen molar-refractivity contribution in [1.82, 2.24) is 63.0 Å². The topological polar surface area (TPSA) is 446 Å². The monoisotopic (exact) mass is 1500 g/mol. The molecule has 6 aromatic rings. The number of nitrogens with zero attached hydrogens (tertiary/aromatic N) is 2. The molecule has 10 atom stereocenters. The minimum atomic E-state index is -1.79. The molecule has 2 saturated heterocycles. The molecule has 2 aliphatic rings. The Labute approximate surface area is 632 Å². The number of urea groups is 1. The van der Waals surface area contributed by atoms with Gasteiger partial charge >= 0.3 is 6.03 Å². The summed E-state index contributed by atoms with van der Waals surface area (Å²) in [6.45, 7) is 7.50. The van der Waals surface area contributed by atoms with Gasteiger partial charge in [-0.1, -0.05) is 165 Å². The number of fused-ring (bicyclic) bond motifs is 1. The summed E-state index contributed by atoms with van der Waals surface area (Å²) in [6, 6.07) is 29.4. The summed E-state index contributed by atoms with van der Waals surface area (Å²) in [5, 5.41) is 47.9. The van der Waals surface area contributed by atoms with Gasteiger partial charge in [-0.3, -0.25) is 58.3 Å². The molecule has 576 valence electrons. The molecule has 0 aromatic heterocycles. The number of ether oxygens (including phenoxy) is 1. The zero-order chi connectivity index (χ0) is 77.8. The van der Waals surface area contributed by atoms with Crippen molar-refractivity contribution < 1.29 is 62.6 Å². The first-order chi connectivity index (χ1) is 51.8. The number of amides is 12. The molecule has 2 fully saturated rings. The van der Waals surface area contributed by atoms with Gasteiger partial charge in [0.05, 0.1) is 19.8 Å². The molecule has 2 heterocycles. The fraction of sp³-hybridized carbons (Fsp3) is 0.410. The molecule has 6 aromatic carbocycles. The van der Waals surface area contributed by atoms with Crippen LogP contribution < -0.4 is 70.4 Å². The van der Waals surface area contributed by atoms with E-state index in [2.05, 4.69) is 58.1 Å². The number of halogens is 1. The van der Waals surface area contributed by atoms with E-state index in [1.807, 2.05) is 62.4 Å². The van der Waals surface area contributed by atoms with Gasteiger partial charge in [-0.15, -0.1) is 0 Å². The summed E-state index contributed by atoms with van der Waals surface area (Å²) in [6.07, 6.45) is 0.227. The minimum Gasteiger partial charge on any atom is -0.394 e. The number of primary amides is 2. The van der Waals surface area contributed by atoms with Crippen LogP contribution in [0.25, 0.3) is 10.8 Å². The van der Waals surface area contributed by atoms with Crippen LogP contribution in [0.2, 0.25) is 5.02 Å². The van der Waals surface area contributed by atoms with Crippen molar-refractivity contribution in [3.05, 3.63) is 190 Å². The molecule has 30 heteroatoms. The maximum absolute atomic E-state index is 15.3. The molecule has 0 radical (unpaired) electrons. The summed E-state index contributed by atoms with van der Waals surface area (Å²) in [5.74, 6) is -8.71. The van der Waals surface area contributed by atoms with E-state index < -0.39 is 132 Å². The predicted molar refractivity (Wildman–Crippen MR) is 407 cm³/mol. The third kappa shape index (κ3) is 25.6. The van der Waals surface area contributed by atoms with Crippen molar-refractivity contribution in [2.24, 2.45) is 23.1 Å². The Bertz CT molecular complexity index is 4070. The smallest absolute Gasteiger partial charge is 0.312 e. The average molecular weight is 1500 g/mol. The Balaban J connectivity index is 1.06. The Kier molecular flexibility index (Phi) is 31.5. The van der Waals surface area contributed by atoms with Crippen LogP contribution in [0.5, 0.6) is 0 Å². The maximum Gasteiger partial charge on any atom is 0.312 e. The van der Waals surface area contributed by atoms with Crippen LogP contribution in [-0.4, -0.2) is 192 Å². The second kappa shape index (κ2) is 41.2. The zero-order valence-electron chi connectivity index (χ0n) is 60.9. The SMILES string of the molecule is CC(C)C[C@H](NC(=O)[C@@H](Cc1ccccc1)NC(=O)[C@H](Cc1ccc(CN2CCOCC2)cc1)NC(=O)[C@H](CO)NC(=O)[C@@H](Cc1ccccc1)NC(=O)[C@@H](Cc1ccc(Cl)cc1)NC(=O)[C@@H](Cc1cccc2ccccc12)NC(N)=O)C(=O)N[C@@H](CCCNC(=N)N)C(=O)N1CCC[C@H]1C(=O)N[C@H](C)C(N)=O. The number of benzene rings is 6. The molecule has 29 nitrogen and oxygen atoms in total. The lowest BCUT2D eigenvalue weighted by molar-refractivity contribution is -0.142. The summed E-state index contributed by atoms with van der Waals surface area (Å²) in [4.78, 5) is 161. The molecular weight excluding hydrogens is 1400 g/mol. The highest BCUT2D eigenvalue weighted by molar-refractivity contribution is 6.30. The number of hydrogen-bond acceptors (Lipinski definition) is 15. The molecule has 8 rings (SSSR count). The average Bonchev–Trinajstić information content (AvgIpc) is 1.35. The Morgan fingerprint density at radius 1 is 0.509 bits per heavy atom. The predicted octanol–water partition coefficient (Wildman–Crippen LogP) is 1.55.